The van der Waals surface area contributed by atoms with Crippen LogP contribution in [0.15, 0.2) is 18.2 Å². The van der Waals surface area contributed by atoms with Crippen molar-refractivity contribution in [2.45, 2.75) is 31.8 Å². The molecule has 118 valence electrons. The lowest BCUT2D eigenvalue weighted by atomic mass is 10.0. The molecular weight excluding hydrogens is 290 g/mol. The lowest BCUT2D eigenvalue weighted by Gasteiger charge is -2.27. The standard InChI is InChI=1S/C15H23NO4S/c1-11(16-13-6-8-21(17,18)9-7-13)12-4-5-14(19-2)15(10-12)20-3/h4-5,10-11,13,16H,6-9H2,1-3H3. The fraction of sp³-hybridized carbons (Fsp3) is 0.600. The Morgan fingerprint density at radius 1 is 1.14 bits per heavy atom. The Balaban J connectivity index is 2.02. The van der Waals surface area contributed by atoms with E-state index in [-0.39, 0.29) is 23.6 Å². The van der Waals surface area contributed by atoms with E-state index in [9.17, 15) is 8.42 Å². The molecule has 1 saturated heterocycles. The predicted octanol–water partition coefficient (Wildman–Crippen LogP) is 1.93. The van der Waals surface area contributed by atoms with Crippen molar-refractivity contribution in [1.29, 1.82) is 0 Å². The Hall–Kier alpha value is -1.27. The lowest BCUT2D eigenvalue weighted by molar-refractivity contribution is 0.353. The van der Waals surface area contributed by atoms with Crippen molar-refractivity contribution in [3.05, 3.63) is 23.8 Å². The van der Waals surface area contributed by atoms with Crippen LogP contribution in [-0.2, 0) is 9.84 Å². The summed E-state index contributed by atoms with van der Waals surface area (Å²) in [5, 5.41) is 3.50. The molecule has 1 fully saturated rings. The van der Waals surface area contributed by atoms with E-state index in [4.69, 9.17) is 9.47 Å². The Bertz CT molecular complexity index is 571. The first kappa shape index (κ1) is 16.1. The molecule has 0 spiro atoms. The van der Waals surface area contributed by atoms with Gasteiger partial charge in [0, 0.05) is 12.1 Å². The van der Waals surface area contributed by atoms with Crippen LogP contribution in [0.25, 0.3) is 0 Å². The molecule has 0 bridgehead atoms. The SMILES string of the molecule is COc1ccc(C(C)NC2CCS(=O)(=O)CC2)cc1OC. The Kier molecular flexibility index (Phi) is 5.11. The number of nitrogens with one attached hydrogen (secondary N) is 1. The molecule has 1 N–H and O–H groups in total. The van der Waals surface area contributed by atoms with Crippen LogP contribution in [0.3, 0.4) is 0 Å². The van der Waals surface area contributed by atoms with Crippen molar-refractivity contribution in [1.82, 2.24) is 5.32 Å². The number of ether oxygens (including phenoxy) is 2. The first-order valence-corrected chi connectivity index (χ1v) is 8.95. The van der Waals surface area contributed by atoms with Crippen molar-refractivity contribution in [3.8, 4) is 11.5 Å². The molecule has 1 aromatic rings. The number of benzene rings is 1. The summed E-state index contributed by atoms with van der Waals surface area (Å²) in [5.41, 5.74) is 1.10. The van der Waals surface area contributed by atoms with Crippen molar-refractivity contribution in [2.24, 2.45) is 0 Å². The number of hydrogen-bond acceptors (Lipinski definition) is 5. The highest BCUT2D eigenvalue weighted by molar-refractivity contribution is 7.91. The van der Waals surface area contributed by atoms with Crippen LogP contribution in [0.5, 0.6) is 11.5 Å². The van der Waals surface area contributed by atoms with Crippen LogP contribution in [0.1, 0.15) is 31.4 Å². The summed E-state index contributed by atoms with van der Waals surface area (Å²) < 4.78 is 33.4. The van der Waals surface area contributed by atoms with Gasteiger partial charge in [-0.3, -0.25) is 0 Å². The van der Waals surface area contributed by atoms with Gasteiger partial charge in [0.15, 0.2) is 11.5 Å². The first-order valence-electron chi connectivity index (χ1n) is 7.13. The fourth-order valence-electron chi connectivity index (χ4n) is 2.63. The van der Waals surface area contributed by atoms with Gasteiger partial charge in [-0.15, -0.1) is 0 Å². The minimum Gasteiger partial charge on any atom is -0.493 e. The van der Waals surface area contributed by atoms with Gasteiger partial charge in [-0.25, -0.2) is 8.42 Å². The van der Waals surface area contributed by atoms with Crippen LogP contribution in [0.2, 0.25) is 0 Å². The van der Waals surface area contributed by atoms with Crippen LogP contribution < -0.4 is 14.8 Å². The van der Waals surface area contributed by atoms with Crippen LogP contribution in [0, 0.1) is 0 Å². The van der Waals surface area contributed by atoms with Gasteiger partial charge in [0.1, 0.15) is 9.84 Å². The maximum absolute atomic E-state index is 11.4. The zero-order valence-electron chi connectivity index (χ0n) is 12.8. The maximum Gasteiger partial charge on any atom is 0.161 e. The highest BCUT2D eigenvalue weighted by atomic mass is 32.2. The van der Waals surface area contributed by atoms with Gasteiger partial charge in [-0.2, -0.15) is 0 Å². The average molecular weight is 313 g/mol. The van der Waals surface area contributed by atoms with Gasteiger partial charge in [-0.1, -0.05) is 6.07 Å². The monoisotopic (exact) mass is 313 g/mol. The molecule has 1 aromatic carbocycles. The van der Waals surface area contributed by atoms with Crippen LogP contribution in [0.4, 0.5) is 0 Å². The van der Waals surface area contributed by atoms with Crippen molar-refractivity contribution in [2.75, 3.05) is 25.7 Å². The topological polar surface area (TPSA) is 64.6 Å². The normalized spacial score (nSPS) is 20.0. The van der Waals surface area contributed by atoms with E-state index in [2.05, 4.69) is 12.2 Å². The van der Waals surface area contributed by atoms with Gasteiger partial charge < -0.3 is 14.8 Å². The van der Waals surface area contributed by atoms with E-state index < -0.39 is 9.84 Å². The second-order valence-corrected chi connectivity index (χ2v) is 7.73. The summed E-state index contributed by atoms with van der Waals surface area (Å²) in [7, 11) is 0.417. The smallest absolute Gasteiger partial charge is 0.161 e. The summed E-state index contributed by atoms with van der Waals surface area (Å²) in [5.74, 6) is 1.97. The van der Waals surface area contributed by atoms with E-state index in [0.29, 0.717) is 24.3 Å². The first-order chi connectivity index (χ1) is 9.95. The minimum atomic E-state index is -2.81. The summed E-state index contributed by atoms with van der Waals surface area (Å²) >= 11 is 0. The zero-order valence-corrected chi connectivity index (χ0v) is 13.6. The molecule has 5 nitrogen and oxygen atoms in total. The van der Waals surface area contributed by atoms with E-state index in [1.807, 2.05) is 18.2 Å². The van der Waals surface area contributed by atoms with Crippen LogP contribution in [-0.4, -0.2) is 40.2 Å². The van der Waals surface area contributed by atoms with E-state index in [1.54, 1.807) is 14.2 Å². The zero-order chi connectivity index (χ0) is 15.5. The van der Waals surface area contributed by atoms with E-state index in [1.165, 1.54) is 0 Å². The minimum absolute atomic E-state index is 0.135. The van der Waals surface area contributed by atoms with E-state index in [0.717, 1.165) is 5.56 Å². The molecule has 0 amide bonds. The molecule has 6 heteroatoms. The average Bonchev–Trinajstić information content (AvgIpc) is 2.48. The Morgan fingerprint density at radius 2 is 1.76 bits per heavy atom. The molecule has 1 aliphatic heterocycles. The van der Waals surface area contributed by atoms with E-state index >= 15 is 0 Å². The molecule has 1 unspecified atom stereocenters. The molecule has 1 heterocycles. The number of methoxy groups -OCH3 is 2. The van der Waals surface area contributed by atoms with Gasteiger partial charge in [0.2, 0.25) is 0 Å². The van der Waals surface area contributed by atoms with Crippen LogP contribution >= 0.6 is 0 Å². The summed E-state index contributed by atoms with van der Waals surface area (Å²) in [6.45, 7) is 2.07. The Labute approximate surface area is 126 Å². The lowest BCUT2D eigenvalue weighted by Crippen LogP contribution is -2.38. The second-order valence-electron chi connectivity index (χ2n) is 5.43. The Morgan fingerprint density at radius 3 is 2.33 bits per heavy atom. The summed E-state index contributed by atoms with van der Waals surface area (Å²) in [4.78, 5) is 0. The highest BCUT2D eigenvalue weighted by Gasteiger charge is 2.24. The largest absolute Gasteiger partial charge is 0.493 e. The molecule has 0 aliphatic carbocycles. The molecular formula is C15H23NO4S. The third-order valence-electron chi connectivity index (χ3n) is 3.95. The third kappa shape index (κ3) is 4.11. The maximum atomic E-state index is 11.4. The summed E-state index contributed by atoms with van der Waals surface area (Å²) in [6.07, 6.45) is 1.36. The van der Waals surface area contributed by atoms with Gasteiger partial charge in [0.05, 0.1) is 25.7 Å². The molecule has 0 radical (unpaired) electrons. The van der Waals surface area contributed by atoms with Crippen molar-refractivity contribution in [3.63, 3.8) is 0 Å². The number of rotatable bonds is 5. The molecule has 0 aromatic heterocycles. The fourth-order valence-corrected chi connectivity index (χ4v) is 4.12. The van der Waals surface area contributed by atoms with Gasteiger partial charge in [-0.05, 0) is 37.5 Å². The van der Waals surface area contributed by atoms with Gasteiger partial charge >= 0.3 is 0 Å². The van der Waals surface area contributed by atoms with Crippen molar-refractivity contribution >= 4 is 9.84 Å². The molecule has 1 atom stereocenters. The predicted molar refractivity (Wildman–Crippen MR) is 82.8 cm³/mol. The summed E-state index contributed by atoms with van der Waals surface area (Å²) in [6, 6.07) is 6.22. The number of hydrogen-bond donors (Lipinski definition) is 1. The molecule has 1 aliphatic rings. The number of sulfone groups is 1. The molecule has 2 rings (SSSR count). The quantitative estimate of drug-likeness (QED) is 0.900. The second kappa shape index (κ2) is 6.66. The van der Waals surface area contributed by atoms with Gasteiger partial charge in [0.25, 0.3) is 0 Å². The highest BCUT2D eigenvalue weighted by Crippen LogP contribution is 2.30. The third-order valence-corrected chi connectivity index (χ3v) is 5.66. The molecule has 0 saturated carbocycles. The van der Waals surface area contributed by atoms with Crippen molar-refractivity contribution < 1.29 is 17.9 Å². The molecule has 21 heavy (non-hydrogen) atoms.